The third-order valence-electron chi connectivity index (χ3n) is 2.55. The van der Waals surface area contributed by atoms with Crippen molar-refractivity contribution in [3.8, 4) is 0 Å². The van der Waals surface area contributed by atoms with E-state index in [1.54, 1.807) is 12.3 Å². The summed E-state index contributed by atoms with van der Waals surface area (Å²) >= 11 is 3.38. The molecule has 0 aliphatic rings. The third-order valence-corrected chi connectivity index (χ3v) is 3.27. The molecule has 1 aromatic heterocycles. The predicted molar refractivity (Wildman–Crippen MR) is 66.5 cm³/mol. The quantitative estimate of drug-likeness (QED) is 0.672. The first-order chi connectivity index (χ1) is 8.13. The third kappa shape index (κ3) is 2.38. The van der Waals surface area contributed by atoms with Crippen LogP contribution in [0.5, 0.6) is 0 Å². The average Bonchev–Trinajstić information content (AvgIpc) is 2.71. The summed E-state index contributed by atoms with van der Waals surface area (Å²) in [5.74, 6) is 5.95. The van der Waals surface area contributed by atoms with E-state index in [2.05, 4.69) is 26.3 Å². The molecule has 4 nitrogen and oxygen atoms in total. The van der Waals surface area contributed by atoms with E-state index >= 15 is 0 Å². The fourth-order valence-corrected chi connectivity index (χ4v) is 2.17. The molecule has 2 rings (SSSR count). The van der Waals surface area contributed by atoms with Crippen LogP contribution < -0.4 is 11.3 Å². The van der Waals surface area contributed by atoms with Crippen LogP contribution in [0.2, 0.25) is 0 Å². The standard InChI is InChI=1S/C11H12BrFN4/c1-17-5-4-15-11(17)10(16-14)8-6-7(13)2-3-9(8)12/h2-6,10,16H,14H2,1H3. The van der Waals surface area contributed by atoms with Gasteiger partial charge in [0.1, 0.15) is 17.7 Å². The maximum absolute atomic E-state index is 13.3. The lowest BCUT2D eigenvalue weighted by molar-refractivity contribution is 0.568. The Kier molecular flexibility index (Phi) is 3.56. The van der Waals surface area contributed by atoms with Crippen LogP contribution in [0.3, 0.4) is 0 Å². The molecular formula is C11H12BrFN4. The van der Waals surface area contributed by atoms with Crippen molar-refractivity contribution >= 4 is 15.9 Å². The molecule has 0 bridgehead atoms. The van der Waals surface area contributed by atoms with E-state index in [1.165, 1.54) is 12.1 Å². The lowest BCUT2D eigenvalue weighted by Gasteiger charge is -2.17. The molecule has 1 aromatic carbocycles. The molecule has 0 saturated heterocycles. The molecule has 0 aliphatic carbocycles. The van der Waals surface area contributed by atoms with Gasteiger partial charge >= 0.3 is 0 Å². The monoisotopic (exact) mass is 298 g/mol. The van der Waals surface area contributed by atoms with Crippen LogP contribution in [0.4, 0.5) is 4.39 Å². The summed E-state index contributed by atoms with van der Waals surface area (Å²) in [6.45, 7) is 0. The minimum atomic E-state index is -0.361. The van der Waals surface area contributed by atoms with Gasteiger partial charge in [-0.3, -0.25) is 5.84 Å². The molecule has 0 amide bonds. The molecule has 6 heteroatoms. The zero-order valence-corrected chi connectivity index (χ0v) is 10.8. The van der Waals surface area contributed by atoms with Crippen molar-refractivity contribution < 1.29 is 4.39 Å². The molecule has 2 aromatic rings. The second kappa shape index (κ2) is 4.95. The van der Waals surface area contributed by atoms with E-state index in [0.717, 1.165) is 10.3 Å². The lowest BCUT2D eigenvalue weighted by Crippen LogP contribution is -2.31. The van der Waals surface area contributed by atoms with E-state index in [1.807, 2.05) is 17.8 Å². The molecule has 0 fully saturated rings. The van der Waals surface area contributed by atoms with Crippen LogP contribution >= 0.6 is 15.9 Å². The second-order valence-electron chi connectivity index (χ2n) is 3.66. The summed E-state index contributed by atoms with van der Waals surface area (Å²) in [5.41, 5.74) is 3.36. The summed E-state index contributed by atoms with van der Waals surface area (Å²) in [6.07, 6.45) is 3.49. The smallest absolute Gasteiger partial charge is 0.131 e. The van der Waals surface area contributed by atoms with Gasteiger partial charge < -0.3 is 4.57 Å². The Hall–Kier alpha value is -1.24. The molecule has 90 valence electrons. The Morgan fingerprint density at radius 2 is 2.29 bits per heavy atom. The molecule has 0 radical (unpaired) electrons. The molecule has 0 aliphatic heterocycles. The van der Waals surface area contributed by atoms with Crippen molar-refractivity contribution in [2.45, 2.75) is 6.04 Å². The first kappa shape index (κ1) is 12.2. The van der Waals surface area contributed by atoms with Crippen LogP contribution in [-0.4, -0.2) is 9.55 Å². The molecule has 0 saturated carbocycles. The van der Waals surface area contributed by atoms with Crippen molar-refractivity contribution in [1.82, 2.24) is 15.0 Å². The van der Waals surface area contributed by atoms with E-state index < -0.39 is 0 Å². The number of nitrogens with one attached hydrogen (secondary N) is 1. The van der Waals surface area contributed by atoms with Gasteiger partial charge in [-0.15, -0.1) is 0 Å². The van der Waals surface area contributed by atoms with Gasteiger partial charge in [0.2, 0.25) is 0 Å². The molecular weight excluding hydrogens is 287 g/mol. The Labute approximate surface area is 107 Å². The molecule has 3 N–H and O–H groups in total. The van der Waals surface area contributed by atoms with Gasteiger partial charge in [0.15, 0.2) is 0 Å². The highest BCUT2D eigenvalue weighted by Crippen LogP contribution is 2.27. The van der Waals surface area contributed by atoms with Crippen LogP contribution in [0.1, 0.15) is 17.4 Å². The molecule has 1 heterocycles. The number of aromatic nitrogens is 2. The Morgan fingerprint density at radius 3 is 2.88 bits per heavy atom. The fourth-order valence-electron chi connectivity index (χ4n) is 1.69. The molecule has 1 unspecified atom stereocenters. The van der Waals surface area contributed by atoms with Gasteiger partial charge in [-0.05, 0) is 23.8 Å². The number of nitrogens with zero attached hydrogens (tertiary/aromatic N) is 2. The zero-order chi connectivity index (χ0) is 12.4. The van der Waals surface area contributed by atoms with Crippen molar-refractivity contribution in [2.24, 2.45) is 12.9 Å². The summed E-state index contributed by atoms with van der Waals surface area (Å²) in [7, 11) is 1.86. The minimum absolute atomic E-state index is 0.308. The summed E-state index contributed by atoms with van der Waals surface area (Å²) in [4.78, 5) is 4.21. The number of hydrogen-bond donors (Lipinski definition) is 2. The SMILES string of the molecule is Cn1ccnc1C(NN)c1cc(F)ccc1Br. The number of nitrogens with two attached hydrogens (primary N) is 1. The van der Waals surface area contributed by atoms with Gasteiger partial charge in [0, 0.05) is 23.9 Å². The van der Waals surface area contributed by atoms with Crippen LogP contribution in [-0.2, 0) is 7.05 Å². The van der Waals surface area contributed by atoms with E-state index in [-0.39, 0.29) is 11.9 Å². The number of aryl methyl sites for hydroxylation is 1. The highest BCUT2D eigenvalue weighted by molar-refractivity contribution is 9.10. The molecule has 0 spiro atoms. The second-order valence-corrected chi connectivity index (χ2v) is 4.52. The zero-order valence-electron chi connectivity index (χ0n) is 9.19. The predicted octanol–water partition coefficient (Wildman–Crippen LogP) is 1.87. The van der Waals surface area contributed by atoms with E-state index in [0.29, 0.717) is 5.56 Å². The van der Waals surface area contributed by atoms with Gasteiger partial charge in [0.05, 0.1) is 0 Å². The topological polar surface area (TPSA) is 55.9 Å². The van der Waals surface area contributed by atoms with Crippen LogP contribution in [0.25, 0.3) is 0 Å². The van der Waals surface area contributed by atoms with Gasteiger partial charge in [-0.25, -0.2) is 14.8 Å². The van der Waals surface area contributed by atoms with Crippen LogP contribution in [0, 0.1) is 5.82 Å². The maximum Gasteiger partial charge on any atom is 0.131 e. The Morgan fingerprint density at radius 1 is 1.53 bits per heavy atom. The number of hydrazine groups is 1. The first-order valence-electron chi connectivity index (χ1n) is 5.01. The van der Waals surface area contributed by atoms with Crippen molar-refractivity contribution in [1.29, 1.82) is 0 Å². The average molecular weight is 299 g/mol. The van der Waals surface area contributed by atoms with Gasteiger partial charge in [0.25, 0.3) is 0 Å². The van der Waals surface area contributed by atoms with E-state index in [4.69, 9.17) is 5.84 Å². The van der Waals surface area contributed by atoms with Crippen LogP contribution in [0.15, 0.2) is 35.1 Å². The number of imidazole rings is 1. The van der Waals surface area contributed by atoms with Crippen molar-refractivity contribution in [2.75, 3.05) is 0 Å². The highest BCUT2D eigenvalue weighted by atomic mass is 79.9. The molecule has 17 heavy (non-hydrogen) atoms. The lowest BCUT2D eigenvalue weighted by atomic mass is 10.1. The number of benzene rings is 1. The van der Waals surface area contributed by atoms with E-state index in [9.17, 15) is 4.39 Å². The van der Waals surface area contributed by atoms with Crippen molar-refractivity contribution in [3.63, 3.8) is 0 Å². The minimum Gasteiger partial charge on any atom is -0.336 e. The number of hydrogen-bond acceptors (Lipinski definition) is 3. The fraction of sp³-hybridized carbons (Fsp3) is 0.182. The number of rotatable bonds is 3. The Balaban J connectivity index is 2.49. The van der Waals surface area contributed by atoms with Crippen molar-refractivity contribution in [3.05, 3.63) is 52.3 Å². The number of halogens is 2. The highest BCUT2D eigenvalue weighted by Gasteiger charge is 2.19. The first-order valence-corrected chi connectivity index (χ1v) is 5.81. The van der Waals surface area contributed by atoms with Gasteiger partial charge in [-0.2, -0.15) is 0 Å². The summed E-state index contributed by atoms with van der Waals surface area (Å²) in [6, 6.07) is 4.11. The molecule has 1 atom stereocenters. The summed E-state index contributed by atoms with van der Waals surface area (Å²) < 4.78 is 15.9. The summed E-state index contributed by atoms with van der Waals surface area (Å²) in [5, 5.41) is 0. The largest absolute Gasteiger partial charge is 0.336 e. The normalized spacial score (nSPS) is 12.7. The Bertz CT molecular complexity index is 526. The van der Waals surface area contributed by atoms with Gasteiger partial charge in [-0.1, -0.05) is 15.9 Å². The maximum atomic E-state index is 13.3.